The van der Waals surface area contributed by atoms with E-state index in [1.165, 1.54) is 0 Å². The Hall–Kier alpha value is -0.770. The fraction of sp³-hybridized carbons (Fsp3) is 0.929. The first-order valence-corrected chi connectivity index (χ1v) is 6.49. The maximum atomic E-state index is 11.8. The summed E-state index contributed by atoms with van der Waals surface area (Å²) in [5.41, 5.74) is 5.17. The minimum Gasteiger partial charge on any atom is -0.444 e. The largest absolute Gasteiger partial charge is 0.444 e. The van der Waals surface area contributed by atoms with Crippen molar-refractivity contribution >= 4 is 6.09 Å². The van der Waals surface area contributed by atoms with Gasteiger partial charge in [-0.05, 0) is 46.5 Å². The molecule has 0 saturated carbocycles. The van der Waals surface area contributed by atoms with E-state index in [0.717, 1.165) is 0 Å². The van der Waals surface area contributed by atoms with Gasteiger partial charge in [-0.2, -0.15) is 0 Å². The van der Waals surface area contributed by atoms with Crippen molar-refractivity contribution in [3.8, 4) is 0 Å². The monoisotopic (exact) mass is 258 g/mol. The number of alkyl carbamates (subject to hydrolysis) is 1. The molecule has 1 unspecified atom stereocenters. The van der Waals surface area contributed by atoms with E-state index in [9.17, 15) is 4.79 Å². The van der Waals surface area contributed by atoms with Gasteiger partial charge in [-0.25, -0.2) is 4.79 Å². The molecular formula is C14H30N2O2. The second-order valence-corrected chi connectivity index (χ2v) is 7.76. The van der Waals surface area contributed by atoms with Crippen LogP contribution in [0.3, 0.4) is 0 Å². The molecule has 18 heavy (non-hydrogen) atoms. The van der Waals surface area contributed by atoms with Gasteiger partial charge in [0.25, 0.3) is 0 Å². The molecule has 0 heterocycles. The lowest BCUT2D eigenvalue weighted by atomic mass is 9.80. The van der Waals surface area contributed by atoms with Crippen molar-refractivity contribution in [2.45, 2.75) is 79.0 Å². The van der Waals surface area contributed by atoms with Gasteiger partial charge in [0.2, 0.25) is 0 Å². The zero-order valence-electron chi connectivity index (χ0n) is 13.2. The Bertz CT molecular complexity index is 280. The van der Waals surface area contributed by atoms with Gasteiger partial charge < -0.3 is 15.8 Å². The van der Waals surface area contributed by atoms with Crippen LogP contribution in [0.1, 0.15) is 61.8 Å². The van der Waals surface area contributed by atoms with Crippen LogP contribution in [-0.2, 0) is 4.74 Å². The quantitative estimate of drug-likeness (QED) is 0.817. The average Bonchev–Trinajstić information content (AvgIpc) is 1.93. The minimum absolute atomic E-state index is 0.0210. The van der Waals surface area contributed by atoms with Crippen LogP contribution in [0.25, 0.3) is 0 Å². The van der Waals surface area contributed by atoms with Crippen LogP contribution in [0, 0.1) is 5.41 Å². The molecule has 0 aliphatic carbocycles. The Morgan fingerprint density at radius 3 is 1.83 bits per heavy atom. The summed E-state index contributed by atoms with van der Waals surface area (Å²) in [7, 11) is 0. The van der Waals surface area contributed by atoms with Gasteiger partial charge >= 0.3 is 6.09 Å². The summed E-state index contributed by atoms with van der Waals surface area (Å²) < 4.78 is 5.29. The van der Waals surface area contributed by atoms with Gasteiger partial charge in [-0.3, -0.25) is 0 Å². The molecule has 0 aromatic heterocycles. The molecule has 4 nitrogen and oxygen atoms in total. The van der Waals surface area contributed by atoms with Crippen molar-refractivity contribution in [3.63, 3.8) is 0 Å². The zero-order valence-corrected chi connectivity index (χ0v) is 13.2. The average molecular weight is 258 g/mol. The van der Waals surface area contributed by atoms with E-state index in [2.05, 4.69) is 26.1 Å². The van der Waals surface area contributed by atoms with Crippen LogP contribution < -0.4 is 11.1 Å². The van der Waals surface area contributed by atoms with Crippen molar-refractivity contribution in [3.05, 3.63) is 0 Å². The second-order valence-electron chi connectivity index (χ2n) is 7.76. The third kappa shape index (κ3) is 8.34. The van der Waals surface area contributed by atoms with Crippen molar-refractivity contribution in [1.29, 1.82) is 0 Å². The lowest BCUT2D eigenvalue weighted by Crippen LogP contribution is -2.51. The Morgan fingerprint density at radius 1 is 1.11 bits per heavy atom. The molecule has 0 aliphatic heterocycles. The lowest BCUT2D eigenvalue weighted by Gasteiger charge is -2.36. The number of hydrogen-bond donors (Lipinski definition) is 2. The van der Waals surface area contributed by atoms with Crippen LogP contribution in [0.4, 0.5) is 4.79 Å². The normalized spacial score (nSPS) is 15.2. The maximum absolute atomic E-state index is 11.8. The fourth-order valence-electron chi connectivity index (χ4n) is 1.55. The standard InChI is InChI=1S/C14H30N2O2/c1-12(2,3)10(9-14(7,8)15)16-11(17)18-13(4,5)6/h10H,9,15H2,1-8H3,(H,16,17). The second kappa shape index (κ2) is 5.47. The summed E-state index contributed by atoms with van der Waals surface area (Å²) in [6.07, 6.45) is 0.321. The molecule has 1 amide bonds. The molecule has 0 bridgehead atoms. The number of amides is 1. The molecule has 0 fully saturated rings. The first kappa shape index (κ1) is 17.2. The topological polar surface area (TPSA) is 64.3 Å². The molecular weight excluding hydrogens is 228 g/mol. The van der Waals surface area contributed by atoms with Crippen LogP contribution in [-0.4, -0.2) is 23.3 Å². The van der Waals surface area contributed by atoms with Gasteiger partial charge in [0, 0.05) is 11.6 Å². The number of carbonyl (C=O) groups is 1. The molecule has 0 spiro atoms. The Morgan fingerprint density at radius 2 is 1.56 bits per heavy atom. The zero-order chi connectivity index (χ0) is 14.8. The van der Waals surface area contributed by atoms with Gasteiger partial charge in [0.05, 0.1) is 0 Å². The van der Waals surface area contributed by atoms with Gasteiger partial charge in [-0.1, -0.05) is 20.8 Å². The highest BCUT2D eigenvalue weighted by Gasteiger charge is 2.31. The SMILES string of the molecule is CC(C)(N)CC(NC(=O)OC(C)(C)C)C(C)(C)C. The van der Waals surface area contributed by atoms with E-state index >= 15 is 0 Å². The number of hydrogen-bond acceptors (Lipinski definition) is 3. The number of nitrogens with two attached hydrogens (primary N) is 1. The van der Waals surface area contributed by atoms with Crippen LogP contribution in [0.15, 0.2) is 0 Å². The van der Waals surface area contributed by atoms with Gasteiger partial charge in [-0.15, -0.1) is 0 Å². The van der Waals surface area contributed by atoms with Crippen LogP contribution in [0.2, 0.25) is 0 Å². The molecule has 108 valence electrons. The van der Waals surface area contributed by atoms with Crippen molar-refractivity contribution in [1.82, 2.24) is 5.32 Å². The number of rotatable bonds is 3. The van der Waals surface area contributed by atoms with E-state index in [1.807, 2.05) is 34.6 Å². The van der Waals surface area contributed by atoms with Crippen molar-refractivity contribution in [2.24, 2.45) is 11.1 Å². The minimum atomic E-state index is -0.481. The Labute approximate surface area is 112 Å². The highest BCUT2D eigenvalue weighted by molar-refractivity contribution is 5.68. The predicted molar refractivity (Wildman–Crippen MR) is 75.5 cm³/mol. The van der Waals surface area contributed by atoms with E-state index in [-0.39, 0.29) is 23.1 Å². The smallest absolute Gasteiger partial charge is 0.407 e. The third-order valence-electron chi connectivity index (χ3n) is 2.47. The van der Waals surface area contributed by atoms with Gasteiger partial charge in [0.15, 0.2) is 0 Å². The molecule has 4 heteroatoms. The van der Waals surface area contributed by atoms with E-state index in [1.54, 1.807) is 0 Å². The molecule has 1 atom stereocenters. The van der Waals surface area contributed by atoms with E-state index in [0.29, 0.717) is 6.42 Å². The number of carbonyl (C=O) groups excluding carboxylic acids is 1. The summed E-state index contributed by atoms with van der Waals surface area (Å²) in [6, 6.07) is -0.0210. The molecule has 0 aromatic carbocycles. The molecule has 0 aliphatic rings. The maximum Gasteiger partial charge on any atom is 0.407 e. The van der Waals surface area contributed by atoms with Crippen molar-refractivity contribution in [2.75, 3.05) is 0 Å². The highest BCUT2D eigenvalue weighted by Crippen LogP contribution is 2.25. The highest BCUT2D eigenvalue weighted by atomic mass is 16.6. The first-order chi connectivity index (χ1) is 7.71. The summed E-state index contributed by atoms with van der Waals surface area (Å²) in [6.45, 7) is 15.7. The summed E-state index contributed by atoms with van der Waals surface area (Å²) in [5, 5.41) is 2.93. The molecule has 3 N–H and O–H groups in total. The van der Waals surface area contributed by atoms with E-state index < -0.39 is 5.60 Å². The third-order valence-corrected chi connectivity index (χ3v) is 2.47. The number of ether oxygens (including phenoxy) is 1. The van der Waals surface area contributed by atoms with Gasteiger partial charge in [0.1, 0.15) is 5.60 Å². The summed E-state index contributed by atoms with van der Waals surface area (Å²) >= 11 is 0. The first-order valence-electron chi connectivity index (χ1n) is 6.49. The molecule has 0 rings (SSSR count). The predicted octanol–water partition coefficient (Wildman–Crippen LogP) is 3.05. The van der Waals surface area contributed by atoms with Crippen LogP contribution >= 0.6 is 0 Å². The Balaban J connectivity index is 4.67. The van der Waals surface area contributed by atoms with Crippen LogP contribution in [0.5, 0.6) is 0 Å². The number of nitrogens with one attached hydrogen (secondary N) is 1. The lowest BCUT2D eigenvalue weighted by molar-refractivity contribution is 0.0449. The fourth-order valence-corrected chi connectivity index (χ4v) is 1.55. The molecule has 0 saturated heterocycles. The Kier molecular flexibility index (Phi) is 5.24. The summed E-state index contributed by atoms with van der Waals surface area (Å²) in [5.74, 6) is 0. The molecule has 0 radical (unpaired) electrons. The summed E-state index contributed by atoms with van der Waals surface area (Å²) in [4.78, 5) is 11.8. The molecule has 0 aromatic rings. The van der Waals surface area contributed by atoms with E-state index in [4.69, 9.17) is 10.5 Å². The van der Waals surface area contributed by atoms with Crippen molar-refractivity contribution < 1.29 is 9.53 Å².